The fourth-order valence-corrected chi connectivity index (χ4v) is 3.59. The molecule has 0 bridgehead atoms. The van der Waals surface area contributed by atoms with Crippen LogP contribution in [0.1, 0.15) is 22.2 Å². The number of amides is 1. The van der Waals surface area contributed by atoms with Crippen LogP contribution in [0.4, 0.5) is 5.13 Å². The van der Waals surface area contributed by atoms with Crippen molar-refractivity contribution in [3.05, 3.63) is 76.9 Å². The van der Waals surface area contributed by atoms with Gasteiger partial charge < -0.3 is 14.6 Å². The summed E-state index contributed by atoms with van der Waals surface area (Å²) in [4.78, 5) is 30.9. The molecule has 1 aliphatic heterocycles. The minimum atomic E-state index is -0.932. The first-order chi connectivity index (χ1) is 12.6. The third kappa shape index (κ3) is 2.47. The number of carbonyl (C=O) groups excluding carboxylic acids is 2. The van der Waals surface area contributed by atoms with E-state index in [1.54, 1.807) is 23.6 Å². The van der Waals surface area contributed by atoms with Crippen LogP contribution in [-0.2, 0) is 4.79 Å². The van der Waals surface area contributed by atoms with E-state index >= 15 is 0 Å². The van der Waals surface area contributed by atoms with Crippen LogP contribution in [0.2, 0.25) is 0 Å². The van der Waals surface area contributed by atoms with Gasteiger partial charge in [-0.15, -0.1) is 11.3 Å². The standard InChI is InChI=1S/C18H12N2O5S/c21-11-4-1-3-10(9-11)14-13(15(22)12-5-2-7-25-12)16(23)17(24)20(14)18-19-6-8-26-18/h1-9,14,21,23H/t14-/m1/s1. The molecule has 3 aromatic rings. The number of ketones is 1. The Hall–Kier alpha value is -3.39. The first-order valence-electron chi connectivity index (χ1n) is 7.61. The van der Waals surface area contributed by atoms with Crippen molar-refractivity contribution >= 4 is 28.2 Å². The van der Waals surface area contributed by atoms with Crippen LogP contribution in [0, 0.1) is 0 Å². The zero-order valence-electron chi connectivity index (χ0n) is 13.2. The van der Waals surface area contributed by atoms with Gasteiger partial charge >= 0.3 is 0 Å². The van der Waals surface area contributed by atoms with E-state index in [-0.39, 0.29) is 17.1 Å². The number of aromatic hydroxyl groups is 1. The van der Waals surface area contributed by atoms with Crippen LogP contribution < -0.4 is 4.90 Å². The van der Waals surface area contributed by atoms with Crippen molar-refractivity contribution in [3.63, 3.8) is 0 Å². The van der Waals surface area contributed by atoms with E-state index < -0.39 is 23.5 Å². The average molecular weight is 368 g/mol. The van der Waals surface area contributed by atoms with Gasteiger partial charge in [-0.1, -0.05) is 12.1 Å². The summed E-state index contributed by atoms with van der Waals surface area (Å²) >= 11 is 1.20. The highest BCUT2D eigenvalue weighted by atomic mass is 32.1. The van der Waals surface area contributed by atoms with Crippen LogP contribution in [0.25, 0.3) is 0 Å². The van der Waals surface area contributed by atoms with E-state index in [1.165, 1.54) is 46.9 Å². The Morgan fingerprint density at radius 1 is 1.23 bits per heavy atom. The molecule has 130 valence electrons. The molecule has 1 aliphatic rings. The number of benzene rings is 1. The van der Waals surface area contributed by atoms with E-state index in [4.69, 9.17) is 4.42 Å². The van der Waals surface area contributed by atoms with Crippen molar-refractivity contribution < 1.29 is 24.2 Å². The van der Waals surface area contributed by atoms with Gasteiger partial charge in [0.25, 0.3) is 5.91 Å². The number of furan rings is 1. The fraction of sp³-hybridized carbons (Fsp3) is 0.0556. The molecule has 0 unspecified atom stereocenters. The second-order valence-electron chi connectivity index (χ2n) is 5.56. The molecule has 1 amide bonds. The topological polar surface area (TPSA) is 104 Å². The molecule has 2 N–H and O–H groups in total. The Morgan fingerprint density at radius 2 is 2.08 bits per heavy atom. The van der Waals surface area contributed by atoms with E-state index in [2.05, 4.69) is 4.98 Å². The lowest BCUT2D eigenvalue weighted by atomic mass is 9.95. The highest BCUT2D eigenvalue weighted by Crippen LogP contribution is 2.42. The maximum atomic E-state index is 12.9. The van der Waals surface area contributed by atoms with Crippen molar-refractivity contribution in [2.24, 2.45) is 0 Å². The summed E-state index contributed by atoms with van der Waals surface area (Å²) in [6.07, 6.45) is 2.86. The predicted molar refractivity (Wildman–Crippen MR) is 93.1 cm³/mol. The third-order valence-corrected chi connectivity index (χ3v) is 4.78. The predicted octanol–water partition coefficient (Wildman–Crippen LogP) is 3.22. The number of thiazole rings is 1. The second-order valence-corrected chi connectivity index (χ2v) is 6.43. The smallest absolute Gasteiger partial charge is 0.296 e. The summed E-state index contributed by atoms with van der Waals surface area (Å²) in [5, 5.41) is 22.3. The Morgan fingerprint density at radius 3 is 2.73 bits per heavy atom. The Kier molecular flexibility index (Phi) is 3.81. The lowest BCUT2D eigenvalue weighted by molar-refractivity contribution is -0.117. The summed E-state index contributed by atoms with van der Waals surface area (Å²) in [6.45, 7) is 0. The van der Waals surface area contributed by atoms with Crippen LogP contribution in [0.5, 0.6) is 5.75 Å². The first kappa shape index (κ1) is 16.1. The minimum absolute atomic E-state index is 0.00509. The number of nitrogens with zero attached hydrogens (tertiary/aromatic N) is 2. The van der Waals surface area contributed by atoms with Crippen molar-refractivity contribution in [1.82, 2.24) is 4.98 Å². The van der Waals surface area contributed by atoms with Gasteiger partial charge in [0, 0.05) is 11.6 Å². The average Bonchev–Trinajstić information content (AvgIpc) is 3.37. The number of anilines is 1. The van der Waals surface area contributed by atoms with Gasteiger partial charge in [-0.2, -0.15) is 0 Å². The summed E-state index contributed by atoms with van der Waals surface area (Å²) in [7, 11) is 0. The number of hydrogen-bond donors (Lipinski definition) is 2. The molecule has 1 atom stereocenters. The number of aliphatic hydroxyl groups excluding tert-OH is 1. The highest BCUT2D eigenvalue weighted by Gasteiger charge is 2.46. The number of carbonyl (C=O) groups is 2. The summed E-state index contributed by atoms with van der Waals surface area (Å²) in [5.74, 6) is -2.01. The number of Topliss-reactive ketones (excluding diaryl/α,β-unsaturated/α-hetero) is 1. The molecule has 1 aromatic carbocycles. The quantitative estimate of drug-likeness (QED) is 0.685. The molecule has 0 radical (unpaired) electrons. The molecule has 8 heteroatoms. The van der Waals surface area contributed by atoms with Gasteiger partial charge in [-0.25, -0.2) is 4.98 Å². The molecular weight excluding hydrogens is 356 g/mol. The van der Waals surface area contributed by atoms with E-state index in [0.717, 1.165) is 0 Å². The van der Waals surface area contributed by atoms with Crippen molar-refractivity contribution in [3.8, 4) is 5.75 Å². The molecule has 0 saturated heterocycles. The fourth-order valence-electron chi connectivity index (χ4n) is 2.92. The van der Waals surface area contributed by atoms with Crippen molar-refractivity contribution in [2.75, 3.05) is 4.90 Å². The Labute approximate surface area is 151 Å². The van der Waals surface area contributed by atoms with Crippen LogP contribution >= 0.6 is 11.3 Å². The van der Waals surface area contributed by atoms with E-state index in [1.807, 2.05) is 0 Å². The van der Waals surface area contributed by atoms with Gasteiger partial charge in [0.05, 0.1) is 17.9 Å². The summed E-state index contributed by atoms with van der Waals surface area (Å²) < 4.78 is 5.14. The zero-order chi connectivity index (χ0) is 18.3. The molecule has 4 rings (SSSR count). The second kappa shape index (κ2) is 6.16. The number of rotatable bonds is 4. The molecule has 0 spiro atoms. The molecule has 7 nitrogen and oxygen atoms in total. The first-order valence-corrected chi connectivity index (χ1v) is 8.49. The van der Waals surface area contributed by atoms with Crippen LogP contribution in [0.3, 0.4) is 0 Å². The molecule has 26 heavy (non-hydrogen) atoms. The van der Waals surface area contributed by atoms with Crippen molar-refractivity contribution in [2.45, 2.75) is 6.04 Å². The SMILES string of the molecule is O=C(C1=C(O)C(=O)N(c2nccs2)[C@@H]1c1cccc(O)c1)c1ccco1. The van der Waals surface area contributed by atoms with Gasteiger partial charge in [0.1, 0.15) is 5.75 Å². The van der Waals surface area contributed by atoms with Crippen LogP contribution in [-0.4, -0.2) is 26.9 Å². The van der Waals surface area contributed by atoms with Gasteiger partial charge in [0.15, 0.2) is 16.7 Å². The normalized spacial score (nSPS) is 17.2. The molecule has 0 aliphatic carbocycles. The number of hydrogen-bond acceptors (Lipinski definition) is 7. The highest BCUT2D eigenvalue weighted by molar-refractivity contribution is 7.13. The van der Waals surface area contributed by atoms with E-state index in [0.29, 0.717) is 10.7 Å². The lowest BCUT2D eigenvalue weighted by Gasteiger charge is -2.24. The lowest BCUT2D eigenvalue weighted by Crippen LogP contribution is -2.30. The number of phenols is 1. The van der Waals surface area contributed by atoms with Crippen LogP contribution in [0.15, 0.2) is 70.0 Å². The van der Waals surface area contributed by atoms with Gasteiger partial charge in [0.2, 0.25) is 5.78 Å². The number of aromatic nitrogens is 1. The summed E-state index contributed by atoms with van der Waals surface area (Å²) in [5.41, 5.74) is 0.346. The number of aliphatic hydroxyl groups is 1. The zero-order valence-corrected chi connectivity index (χ0v) is 14.0. The monoisotopic (exact) mass is 368 g/mol. The number of phenolic OH excluding ortho intramolecular Hbond substituents is 1. The Balaban J connectivity index is 1.89. The Bertz CT molecular complexity index is 1010. The van der Waals surface area contributed by atoms with Gasteiger partial charge in [-0.3, -0.25) is 14.5 Å². The van der Waals surface area contributed by atoms with Gasteiger partial charge in [-0.05, 0) is 29.8 Å². The molecule has 0 saturated carbocycles. The minimum Gasteiger partial charge on any atom is -0.508 e. The maximum absolute atomic E-state index is 12.9. The largest absolute Gasteiger partial charge is 0.508 e. The van der Waals surface area contributed by atoms with Crippen molar-refractivity contribution in [1.29, 1.82) is 0 Å². The third-order valence-electron chi connectivity index (χ3n) is 4.01. The molecule has 3 heterocycles. The van der Waals surface area contributed by atoms with E-state index in [9.17, 15) is 19.8 Å². The molecular formula is C18H12N2O5S. The maximum Gasteiger partial charge on any atom is 0.296 e. The molecule has 0 fully saturated rings. The molecule has 2 aromatic heterocycles. The summed E-state index contributed by atoms with van der Waals surface area (Å²) in [6, 6.07) is 8.24.